The second kappa shape index (κ2) is 6.71. The largest absolute Gasteiger partial charge is 0.394 e. The summed E-state index contributed by atoms with van der Waals surface area (Å²) in [6.07, 6.45) is 7.17. The predicted octanol–water partition coefficient (Wildman–Crippen LogP) is 2.76. The van der Waals surface area contributed by atoms with Crippen molar-refractivity contribution in [3.63, 3.8) is 0 Å². The van der Waals surface area contributed by atoms with Gasteiger partial charge in [-0.2, -0.15) is 0 Å². The first-order valence-corrected chi connectivity index (χ1v) is 7.30. The molecular weight excluding hydrogens is 250 g/mol. The number of benzene rings is 1. The van der Waals surface area contributed by atoms with Gasteiger partial charge in [-0.05, 0) is 43.2 Å². The molecule has 3 heteroatoms. The number of hydrogen-bond donors (Lipinski definition) is 2. The number of aliphatic hydroxyl groups excluding tert-OH is 1. The van der Waals surface area contributed by atoms with Crippen LogP contribution in [0.4, 0.5) is 0 Å². The lowest BCUT2D eigenvalue weighted by molar-refractivity contribution is -0.119. The summed E-state index contributed by atoms with van der Waals surface area (Å²) in [5, 5.41) is 12.6. The third-order valence-electron chi connectivity index (χ3n) is 4.15. The second-order valence-corrected chi connectivity index (χ2v) is 5.85. The lowest BCUT2D eigenvalue weighted by atomic mass is 9.77. The van der Waals surface area contributed by atoms with Crippen molar-refractivity contribution in [3.8, 4) is 0 Å². The van der Waals surface area contributed by atoms with Crippen molar-refractivity contribution >= 4 is 12.0 Å². The summed E-state index contributed by atoms with van der Waals surface area (Å²) in [5.41, 5.74) is 0.572. The van der Waals surface area contributed by atoms with E-state index in [0.717, 1.165) is 31.2 Å². The number of aliphatic hydroxyl groups is 1. The molecule has 1 saturated carbocycles. The smallest absolute Gasteiger partial charge is 0.244 e. The molecular formula is C17H23NO2. The van der Waals surface area contributed by atoms with Gasteiger partial charge in [-0.1, -0.05) is 37.3 Å². The highest BCUT2D eigenvalue weighted by molar-refractivity contribution is 5.92. The maximum absolute atomic E-state index is 12.0. The highest BCUT2D eigenvalue weighted by Crippen LogP contribution is 2.31. The van der Waals surface area contributed by atoms with Gasteiger partial charge in [0, 0.05) is 6.08 Å². The van der Waals surface area contributed by atoms with Crippen LogP contribution in [0.25, 0.3) is 6.08 Å². The molecule has 0 atom stereocenters. The van der Waals surface area contributed by atoms with Gasteiger partial charge in [0.05, 0.1) is 12.1 Å². The Bertz CT molecular complexity index is 459. The first-order valence-electron chi connectivity index (χ1n) is 7.30. The van der Waals surface area contributed by atoms with E-state index >= 15 is 0 Å². The molecule has 0 aromatic heterocycles. The van der Waals surface area contributed by atoms with Crippen LogP contribution in [0.2, 0.25) is 0 Å². The van der Waals surface area contributed by atoms with Crippen LogP contribution in [-0.2, 0) is 4.79 Å². The molecule has 0 spiro atoms. The molecule has 0 saturated heterocycles. The monoisotopic (exact) mass is 273 g/mol. The fourth-order valence-corrected chi connectivity index (χ4v) is 2.68. The van der Waals surface area contributed by atoms with Gasteiger partial charge in [0.1, 0.15) is 0 Å². The van der Waals surface area contributed by atoms with E-state index in [0.29, 0.717) is 5.92 Å². The molecule has 0 unspecified atom stereocenters. The standard InChI is InChI=1S/C17H23NO2/c1-14-9-11-17(13-19,12-10-14)18-16(20)8-7-15-5-3-2-4-6-15/h2-8,14,19H,9-13H2,1H3,(H,18,20). The van der Waals surface area contributed by atoms with Crippen LogP contribution in [0.15, 0.2) is 36.4 Å². The predicted molar refractivity (Wildman–Crippen MR) is 81.1 cm³/mol. The zero-order valence-corrected chi connectivity index (χ0v) is 12.0. The van der Waals surface area contributed by atoms with Gasteiger partial charge in [-0.25, -0.2) is 0 Å². The number of carbonyl (C=O) groups excluding carboxylic acids is 1. The average molecular weight is 273 g/mol. The van der Waals surface area contributed by atoms with Crippen LogP contribution in [-0.4, -0.2) is 23.2 Å². The fraction of sp³-hybridized carbons (Fsp3) is 0.471. The summed E-state index contributed by atoms with van der Waals surface area (Å²) in [7, 11) is 0. The molecule has 0 radical (unpaired) electrons. The van der Waals surface area contributed by atoms with Gasteiger partial charge in [0.15, 0.2) is 0 Å². The molecule has 1 aliphatic rings. The molecule has 1 fully saturated rings. The van der Waals surface area contributed by atoms with Crippen molar-refractivity contribution < 1.29 is 9.90 Å². The van der Waals surface area contributed by atoms with E-state index in [1.54, 1.807) is 12.2 Å². The zero-order valence-electron chi connectivity index (χ0n) is 12.0. The lowest BCUT2D eigenvalue weighted by Gasteiger charge is -2.38. The van der Waals surface area contributed by atoms with Crippen LogP contribution in [0.3, 0.4) is 0 Å². The van der Waals surface area contributed by atoms with Crippen molar-refractivity contribution in [1.82, 2.24) is 5.32 Å². The molecule has 3 nitrogen and oxygen atoms in total. The molecule has 108 valence electrons. The lowest BCUT2D eigenvalue weighted by Crippen LogP contribution is -2.52. The minimum atomic E-state index is -0.426. The Labute approximate surface area is 120 Å². The molecule has 1 amide bonds. The van der Waals surface area contributed by atoms with Gasteiger partial charge in [-0.3, -0.25) is 4.79 Å². The molecule has 2 N–H and O–H groups in total. The van der Waals surface area contributed by atoms with Crippen molar-refractivity contribution in [2.24, 2.45) is 5.92 Å². The Hall–Kier alpha value is -1.61. The van der Waals surface area contributed by atoms with Gasteiger partial charge >= 0.3 is 0 Å². The second-order valence-electron chi connectivity index (χ2n) is 5.85. The maximum atomic E-state index is 12.0. The molecule has 0 bridgehead atoms. The first kappa shape index (κ1) is 14.8. The number of rotatable bonds is 4. The first-order chi connectivity index (χ1) is 9.63. The summed E-state index contributed by atoms with van der Waals surface area (Å²) in [5.74, 6) is 0.559. The maximum Gasteiger partial charge on any atom is 0.244 e. The van der Waals surface area contributed by atoms with Gasteiger partial charge in [0.2, 0.25) is 5.91 Å². The van der Waals surface area contributed by atoms with Crippen molar-refractivity contribution in [2.75, 3.05) is 6.61 Å². The van der Waals surface area contributed by atoms with E-state index in [1.807, 2.05) is 30.3 Å². The molecule has 2 rings (SSSR count). The molecule has 20 heavy (non-hydrogen) atoms. The van der Waals surface area contributed by atoms with E-state index in [4.69, 9.17) is 0 Å². The van der Waals surface area contributed by atoms with Crippen LogP contribution >= 0.6 is 0 Å². The number of nitrogens with one attached hydrogen (secondary N) is 1. The van der Waals surface area contributed by atoms with E-state index in [1.165, 1.54) is 0 Å². The Balaban J connectivity index is 1.94. The summed E-state index contributed by atoms with van der Waals surface area (Å²) in [4.78, 5) is 12.0. The zero-order chi connectivity index (χ0) is 14.4. The number of carbonyl (C=O) groups is 1. The van der Waals surface area contributed by atoms with E-state index in [2.05, 4.69) is 12.2 Å². The third-order valence-corrected chi connectivity index (χ3v) is 4.15. The SMILES string of the molecule is CC1CCC(CO)(NC(=O)C=Cc2ccccc2)CC1. The van der Waals surface area contributed by atoms with Crippen molar-refractivity contribution in [1.29, 1.82) is 0 Å². The van der Waals surface area contributed by atoms with Crippen molar-refractivity contribution in [2.45, 2.75) is 38.1 Å². The molecule has 1 aromatic rings. The molecule has 0 heterocycles. The Kier molecular flexibility index (Phi) is 4.96. The van der Waals surface area contributed by atoms with Gasteiger partial charge in [0.25, 0.3) is 0 Å². The summed E-state index contributed by atoms with van der Waals surface area (Å²) in [6, 6.07) is 9.73. The number of hydrogen-bond acceptors (Lipinski definition) is 2. The highest BCUT2D eigenvalue weighted by atomic mass is 16.3. The molecule has 0 aliphatic heterocycles. The van der Waals surface area contributed by atoms with Crippen molar-refractivity contribution in [3.05, 3.63) is 42.0 Å². The summed E-state index contributed by atoms with van der Waals surface area (Å²) >= 11 is 0. The number of amides is 1. The van der Waals surface area contributed by atoms with Crippen LogP contribution in [0.1, 0.15) is 38.2 Å². The Morgan fingerprint density at radius 1 is 1.35 bits per heavy atom. The minimum Gasteiger partial charge on any atom is -0.394 e. The average Bonchev–Trinajstić information content (AvgIpc) is 2.49. The topological polar surface area (TPSA) is 49.3 Å². The van der Waals surface area contributed by atoms with Gasteiger partial charge < -0.3 is 10.4 Å². The van der Waals surface area contributed by atoms with E-state index in [-0.39, 0.29) is 12.5 Å². The van der Waals surface area contributed by atoms with Crippen LogP contribution in [0.5, 0.6) is 0 Å². The quantitative estimate of drug-likeness (QED) is 0.829. The summed E-state index contributed by atoms with van der Waals surface area (Å²) in [6.45, 7) is 2.24. The third kappa shape index (κ3) is 3.94. The van der Waals surface area contributed by atoms with Crippen LogP contribution < -0.4 is 5.32 Å². The van der Waals surface area contributed by atoms with E-state index < -0.39 is 5.54 Å². The minimum absolute atomic E-state index is 0.0185. The van der Waals surface area contributed by atoms with Gasteiger partial charge in [-0.15, -0.1) is 0 Å². The highest BCUT2D eigenvalue weighted by Gasteiger charge is 2.34. The molecule has 1 aliphatic carbocycles. The normalized spacial score (nSPS) is 26.6. The van der Waals surface area contributed by atoms with Crippen LogP contribution in [0, 0.1) is 5.92 Å². The Morgan fingerprint density at radius 2 is 2.00 bits per heavy atom. The fourth-order valence-electron chi connectivity index (χ4n) is 2.68. The Morgan fingerprint density at radius 3 is 2.60 bits per heavy atom. The molecule has 1 aromatic carbocycles. The summed E-state index contributed by atoms with van der Waals surface area (Å²) < 4.78 is 0. The van der Waals surface area contributed by atoms with E-state index in [9.17, 15) is 9.90 Å².